The molecule has 10 heteroatoms. The van der Waals surface area contributed by atoms with Crippen LogP contribution in [0.2, 0.25) is 0 Å². The summed E-state index contributed by atoms with van der Waals surface area (Å²) < 4.78 is 40.1. The number of amides is 1. The normalized spacial score (nSPS) is 13.1. The minimum Gasteiger partial charge on any atom is -0.508 e. The van der Waals surface area contributed by atoms with Crippen molar-refractivity contribution in [3.8, 4) is 22.8 Å². The number of rotatable bonds is 4. The largest absolute Gasteiger partial charge is 0.508 e. The van der Waals surface area contributed by atoms with E-state index >= 15 is 0 Å². The van der Waals surface area contributed by atoms with E-state index in [2.05, 4.69) is 10.4 Å². The molecule has 2 heterocycles. The van der Waals surface area contributed by atoms with Crippen LogP contribution in [-0.4, -0.2) is 30.8 Å². The second-order valence-electron chi connectivity index (χ2n) is 8.56. The highest BCUT2D eigenvalue weighted by Crippen LogP contribution is 2.37. The van der Waals surface area contributed by atoms with Crippen molar-refractivity contribution in [3.63, 3.8) is 0 Å². The van der Waals surface area contributed by atoms with Gasteiger partial charge in [-0.05, 0) is 23.3 Å². The third-order valence-electron chi connectivity index (χ3n) is 6.09. The summed E-state index contributed by atoms with van der Waals surface area (Å²) >= 11 is 0. The third-order valence-corrected chi connectivity index (χ3v) is 6.09. The molecule has 0 bridgehead atoms. The smallest absolute Gasteiger partial charge is 0.416 e. The SMILES string of the molecule is Cn1nc(-c2ccc(C(F)(F)F)cc2)cc1Nc1cc(O)cc(O)c1C(=O)N1Cc2ccccc2C1. The van der Waals surface area contributed by atoms with E-state index in [1.54, 1.807) is 18.0 Å². The number of hydrogen-bond acceptors (Lipinski definition) is 5. The molecule has 184 valence electrons. The topological polar surface area (TPSA) is 90.6 Å². The van der Waals surface area contributed by atoms with Gasteiger partial charge in [0, 0.05) is 43.9 Å². The molecule has 0 spiro atoms. The maximum atomic E-state index is 13.4. The minimum atomic E-state index is -4.44. The van der Waals surface area contributed by atoms with Gasteiger partial charge in [0.1, 0.15) is 22.9 Å². The van der Waals surface area contributed by atoms with E-state index < -0.39 is 17.6 Å². The molecule has 0 fully saturated rings. The molecule has 3 N–H and O–H groups in total. The Bertz CT molecular complexity index is 1440. The first-order valence-electron chi connectivity index (χ1n) is 11.0. The number of halogens is 3. The molecule has 36 heavy (non-hydrogen) atoms. The van der Waals surface area contributed by atoms with E-state index in [4.69, 9.17) is 0 Å². The van der Waals surface area contributed by atoms with Crippen LogP contribution in [0, 0.1) is 0 Å². The number of benzene rings is 3. The number of nitrogens with one attached hydrogen (secondary N) is 1. The fourth-order valence-electron chi connectivity index (χ4n) is 4.26. The van der Waals surface area contributed by atoms with Gasteiger partial charge in [-0.2, -0.15) is 18.3 Å². The van der Waals surface area contributed by atoms with Crippen LogP contribution in [0.1, 0.15) is 27.0 Å². The third kappa shape index (κ3) is 4.33. The number of alkyl halides is 3. The summed E-state index contributed by atoms with van der Waals surface area (Å²) in [7, 11) is 1.62. The van der Waals surface area contributed by atoms with Gasteiger partial charge < -0.3 is 20.4 Å². The van der Waals surface area contributed by atoms with Crippen molar-refractivity contribution >= 4 is 17.4 Å². The van der Waals surface area contributed by atoms with Gasteiger partial charge in [-0.1, -0.05) is 36.4 Å². The monoisotopic (exact) mass is 494 g/mol. The van der Waals surface area contributed by atoms with Gasteiger partial charge >= 0.3 is 6.18 Å². The van der Waals surface area contributed by atoms with Gasteiger partial charge in [0.15, 0.2) is 0 Å². The summed E-state index contributed by atoms with van der Waals surface area (Å²) in [5.74, 6) is -0.657. The average Bonchev–Trinajstić information content (AvgIpc) is 3.42. The first kappa shape index (κ1) is 23.3. The summed E-state index contributed by atoms with van der Waals surface area (Å²) in [5.41, 5.74) is 2.30. The van der Waals surface area contributed by atoms with Crippen LogP contribution in [0.4, 0.5) is 24.7 Å². The molecule has 1 aromatic heterocycles. The lowest BCUT2D eigenvalue weighted by Gasteiger charge is -2.19. The van der Waals surface area contributed by atoms with E-state index in [1.807, 2.05) is 24.3 Å². The second-order valence-corrected chi connectivity index (χ2v) is 8.56. The Morgan fingerprint density at radius 1 is 0.972 bits per heavy atom. The molecule has 3 aromatic carbocycles. The van der Waals surface area contributed by atoms with Crippen molar-refractivity contribution < 1.29 is 28.2 Å². The number of aromatic hydroxyl groups is 2. The zero-order valence-corrected chi connectivity index (χ0v) is 19.0. The highest BCUT2D eigenvalue weighted by molar-refractivity contribution is 6.03. The maximum Gasteiger partial charge on any atom is 0.416 e. The molecule has 0 saturated heterocycles. The Kier molecular flexibility index (Phi) is 5.58. The Morgan fingerprint density at radius 2 is 1.61 bits per heavy atom. The average molecular weight is 494 g/mol. The van der Waals surface area contributed by atoms with Crippen LogP contribution in [0.25, 0.3) is 11.3 Å². The number of phenols is 2. The number of aromatic nitrogens is 2. The second kappa shape index (κ2) is 8.63. The molecule has 1 aliphatic rings. The van der Waals surface area contributed by atoms with Crippen molar-refractivity contribution in [2.24, 2.45) is 7.05 Å². The van der Waals surface area contributed by atoms with Crippen molar-refractivity contribution in [2.75, 3.05) is 5.32 Å². The van der Waals surface area contributed by atoms with Crippen LogP contribution < -0.4 is 5.32 Å². The quantitative estimate of drug-likeness (QED) is 0.353. The molecule has 0 aliphatic carbocycles. The van der Waals surface area contributed by atoms with E-state index in [9.17, 15) is 28.2 Å². The Morgan fingerprint density at radius 3 is 2.22 bits per heavy atom. The van der Waals surface area contributed by atoms with Gasteiger partial charge in [0.05, 0.1) is 16.9 Å². The predicted octanol–water partition coefficient (Wildman–Crippen LogP) is 5.42. The minimum absolute atomic E-state index is 0.0158. The van der Waals surface area contributed by atoms with E-state index in [0.29, 0.717) is 30.2 Å². The van der Waals surface area contributed by atoms with Gasteiger partial charge in [0.2, 0.25) is 0 Å². The lowest BCUT2D eigenvalue weighted by Crippen LogP contribution is -2.26. The lowest BCUT2D eigenvalue weighted by molar-refractivity contribution is -0.137. The maximum absolute atomic E-state index is 13.4. The lowest BCUT2D eigenvalue weighted by atomic mass is 10.1. The summed E-state index contributed by atoms with van der Waals surface area (Å²) in [6.07, 6.45) is -4.44. The number of aryl methyl sites for hydroxylation is 1. The highest BCUT2D eigenvalue weighted by Gasteiger charge is 2.30. The fourth-order valence-corrected chi connectivity index (χ4v) is 4.26. The number of fused-ring (bicyclic) bond motifs is 1. The molecule has 0 saturated carbocycles. The van der Waals surface area contributed by atoms with E-state index in [-0.39, 0.29) is 22.7 Å². The van der Waals surface area contributed by atoms with Crippen molar-refractivity contribution in [2.45, 2.75) is 19.3 Å². The summed E-state index contributed by atoms with van der Waals surface area (Å²) in [6.45, 7) is 0.775. The zero-order chi connectivity index (χ0) is 25.6. The zero-order valence-electron chi connectivity index (χ0n) is 19.0. The number of nitrogens with zero attached hydrogens (tertiary/aromatic N) is 3. The van der Waals surface area contributed by atoms with Crippen LogP contribution in [0.15, 0.2) is 66.7 Å². The Hall–Kier alpha value is -4.47. The predicted molar refractivity (Wildman–Crippen MR) is 127 cm³/mol. The number of carbonyl (C=O) groups is 1. The van der Waals surface area contributed by atoms with Gasteiger partial charge in [-0.3, -0.25) is 9.48 Å². The van der Waals surface area contributed by atoms with Crippen LogP contribution >= 0.6 is 0 Å². The molecule has 7 nitrogen and oxygen atoms in total. The molecule has 1 amide bonds. The van der Waals surface area contributed by atoms with Crippen molar-refractivity contribution in [1.82, 2.24) is 14.7 Å². The van der Waals surface area contributed by atoms with E-state index in [0.717, 1.165) is 29.3 Å². The number of anilines is 2. The molecule has 4 aromatic rings. The number of carbonyl (C=O) groups excluding carboxylic acids is 1. The number of hydrogen-bond donors (Lipinski definition) is 3. The van der Waals surface area contributed by atoms with Gasteiger partial charge in [-0.25, -0.2) is 0 Å². The molecule has 0 radical (unpaired) electrons. The molecule has 5 rings (SSSR count). The Balaban J connectivity index is 1.44. The molecular weight excluding hydrogens is 473 g/mol. The Labute approximate surface area is 204 Å². The number of phenolic OH excluding ortho intramolecular Hbond substituents is 2. The van der Waals surface area contributed by atoms with Crippen molar-refractivity contribution in [3.05, 3.63) is 89.0 Å². The fraction of sp³-hybridized carbons (Fsp3) is 0.154. The highest BCUT2D eigenvalue weighted by atomic mass is 19.4. The van der Waals surface area contributed by atoms with Crippen LogP contribution in [0.5, 0.6) is 11.5 Å². The molecule has 1 aliphatic heterocycles. The summed E-state index contributed by atoms with van der Waals surface area (Å²) in [5, 5.41) is 28.0. The van der Waals surface area contributed by atoms with Gasteiger partial charge in [-0.15, -0.1) is 0 Å². The molecule has 0 atom stereocenters. The molecular formula is C26H21F3N4O3. The van der Waals surface area contributed by atoms with Gasteiger partial charge in [0.25, 0.3) is 5.91 Å². The first-order valence-corrected chi connectivity index (χ1v) is 11.0. The van der Waals surface area contributed by atoms with Crippen LogP contribution in [-0.2, 0) is 26.3 Å². The van der Waals surface area contributed by atoms with E-state index in [1.165, 1.54) is 22.9 Å². The summed E-state index contributed by atoms with van der Waals surface area (Å²) in [6, 6.07) is 16.3. The molecule has 0 unspecified atom stereocenters. The summed E-state index contributed by atoms with van der Waals surface area (Å²) in [4.78, 5) is 15.0. The standard InChI is InChI=1S/C26H21F3N4O3/c1-32-23(12-20(31-32)15-6-8-18(9-7-15)26(27,28)29)30-21-10-19(34)11-22(35)24(21)25(36)33-13-16-4-2-3-5-17(16)14-33/h2-12,30,34-35H,13-14H2,1H3. The van der Waals surface area contributed by atoms with Crippen molar-refractivity contribution in [1.29, 1.82) is 0 Å². The first-order chi connectivity index (χ1) is 17.1. The van der Waals surface area contributed by atoms with Crippen LogP contribution in [0.3, 0.4) is 0 Å².